The number of benzene rings is 2. The fourth-order valence-corrected chi connectivity index (χ4v) is 4.08. The molecule has 158 valence electrons. The van der Waals surface area contributed by atoms with Gasteiger partial charge in [-0.2, -0.15) is 0 Å². The van der Waals surface area contributed by atoms with Gasteiger partial charge in [0.2, 0.25) is 0 Å². The summed E-state index contributed by atoms with van der Waals surface area (Å²) in [6.45, 7) is 4.34. The van der Waals surface area contributed by atoms with Crippen LogP contribution in [0.15, 0.2) is 42.5 Å². The van der Waals surface area contributed by atoms with Crippen molar-refractivity contribution < 1.29 is 14.5 Å². The van der Waals surface area contributed by atoms with Gasteiger partial charge in [-0.3, -0.25) is 14.9 Å². The lowest BCUT2D eigenvalue weighted by atomic mass is 10.1. The summed E-state index contributed by atoms with van der Waals surface area (Å²) in [6, 6.07) is 12.2. The molecule has 8 heteroatoms. The third kappa shape index (κ3) is 4.38. The molecule has 2 aliphatic rings. The van der Waals surface area contributed by atoms with Crippen LogP contribution in [0.25, 0.3) is 0 Å². The van der Waals surface area contributed by atoms with Gasteiger partial charge < -0.3 is 19.9 Å². The van der Waals surface area contributed by atoms with Gasteiger partial charge in [0.15, 0.2) is 0 Å². The number of piperidine rings is 1. The number of rotatable bonds is 5. The van der Waals surface area contributed by atoms with Crippen LogP contribution in [-0.4, -0.2) is 50.2 Å². The van der Waals surface area contributed by atoms with Gasteiger partial charge in [0, 0.05) is 38.3 Å². The summed E-state index contributed by atoms with van der Waals surface area (Å²) in [7, 11) is 0. The number of nitro benzene ring substituents is 1. The van der Waals surface area contributed by atoms with Crippen molar-refractivity contribution in [3.8, 4) is 0 Å². The normalized spacial score (nSPS) is 16.9. The molecule has 0 radical (unpaired) electrons. The Bertz CT molecular complexity index is 921. The van der Waals surface area contributed by atoms with Gasteiger partial charge in [0.05, 0.1) is 40.8 Å². The van der Waals surface area contributed by atoms with Crippen molar-refractivity contribution in [1.82, 2.24) is 0 Å². The van der Waals surface area contributed by atoms with Crippen molar-refractivity contribution in [3.63, 3.8) is 0 Å². The summed E-state index contributed by atoms with van der Waals surface area (Å²) in [6.07, 6.45) is 3.49. The van der Waals surface area contributed by atoms with E-state index in [4.69, 9.17) is 4.74 Å². The largest absolute Gasteiger partial charge is 0.378 e. The average Bonchev–Trinajstić information content (AvgIpc) is 2.80. The molecule has 8 nitrogen and oxygen atoms in total. The Morgan fingerprint density at radius 1 is 0.933 bits per heavy atom. The van der Waals surface area contributed by atoms with Crippen molar-refractivity contribution in [3.05, 3.63) is 58.1 Å². The van der Waals surface area contributed by atoms with Crippen LogP contribution in [0.3, 0.4) is 0 Å². The number of carbonyl (C=O) groups is 1. The van der Waals surface area contributed by atoms with Crippen LogP contribution in [0.2, 0.25) is 0 Å². The summed E-state index contributed by atoms with van der Waals surface area (Å²) in [5, 5.41) is 14.3. The predicted molar refractivity (Wildman–Crippen MR) is 117 cm³/mol. The van der Waals surface area contributed by atoms with E-state index in [9.17, 15) is 14.9 Å². The molecule has 2 fully saturated rings. The second kappa shape index (κ2) is 9.13. The van der Waals surface area contributed by atoms with E-state index in [1.54, 1.807) is 6.07 Å². The number of nitrogens with one attached hydrogen (secondary N) is 1. The van der Waals surface area contributed by atoms with Crippen LogP contribution < -0.4 is 15.1 Å². The molecule has 1 N–H and O–H groups in total. The van der Waals surface area contributed by atoms with Gasteiger partial charge in [0.25, 0.3) is 11.6 Å². The van der Waals surface area contributed by atoms with E-state index in [2.05, 4.69) is 10.2 Å². The average molecular weight is 410 g/mol. The molecule has 4 rings (SSSR count). The minimum Gasteiger partial charge on any atom is -0.378 e. The predicted octanol–water partition coefficient (Wildman–Crippen LogP) is 3.67. The van der Waals surface area contributed by atoms with Crippen molar-refractivity contribution in [2.24, 2.45) is 0 Å². The zero-order valence-corrected chi connectivity index (χ0v) is 16.9. The Kier molecular flexibility index (Phi) is 6.13. The van der Waals surface area contributed by atoms with Crippen LogP contribution in [-0.2, 0) is 4.74 Å². The first-order chi connectivity index (χ1) is 14.6. The monoisotopic (exact) mass is 410 g/mol. The van der Waals surface area contributed by atoms with Gasteiger partial charge in [-0.25, -0.2) is 0 Å². The Morgan fingerprint density at radius 2 is 1.63 bits per heavy atom. The molecule has 0 spiro atoms. The number of anilines is 3. The van der Waals surface area contributed by atoms with E-state index < -0.39 is 4.92 Å². The fourth-order valence-electron chi connectivity index (χ4n) is 4.08. The van der Waals surface area contributed by atoms with Crippen molar-refractivity contribution in [1.29, 1.82) is 0 Å². The molecule has 0 aromatic heterocycles. The summed E-state index contributed by atoms with van der Waals surface area (Å²) in [5.74, 6) is -0.343. The SMILES string of the molecule is O=C(Nc1ccccc1N1CCCCC1)c1cc([N+](=O)[O-])ccc1N1CCOCC1. The smallest absolute Gasteiger partial charge is 0.270 e. The third-order valence-electron chi connectivity index (χ3n) is 5.64. The molecule has 0 bridgehead atoms. The minimum absolute atomic E-state index is 0.0959. The van der Waals surface area contributed by atoms with Gasteiger partial charge in [-0.15, -0.1) is 0 Å². The number of nitrogens with zero attached hydrogens (tertiary/aromatic N) is 3. The van der Waals surface area contributed by atoms with Crippen molar-refractivity contribution in [2.75, 3.05) is 54.5 Å². The molecular formula is C22H26N4O4. The molecular weight excluding hydrogens is 384 g/mol. The second-order valence-corrected chi connectivity index (χ2v) is 7.58. The minimum atomic E-state index is -0.471. The molecule has 0 atom stereocenters. The topological polar surface area (TPSA) is 88.0 Å². The van der Waals surface area contributed by atoms with E-state index in [1.165, 1.54) is 18.6 Å². The van der Waals surface area contributed by atoms with Crippen molar-refractivity contribution in [2.45, 2.75) is 19.3 Å². The Labute approximate surface area is 175 Å². The van der Waals surface area contributed by atoms with E-state index in [0.717, 1.165) is 37.3 Å². The maximum absolute atomic E-state index is 13.3. The van der Waals surface area contributed by atoms with Gasteiger partial charge in [-0.05, 0) is 37.5 Å². The number of non-ortho nitro benzene ring substituents is 1. The molecule has 2 saturated heterocycles. The highest BCUT2D eigenvalue weighted by molar-refractivity contribution is 6.10. The highest BCUT2D eigenvalue weighted by Crippen LogP contribution is 2.31. The lowest BCUT2D eigenvalue weighted by molar-refractivity contribution is -0.384. The summed E-state index contributed by atoms with van der Waals surface area (Å²) >= 11 is 0. The van der Waals surface area contributed by atoms with Crippen LogP contribution >= 0.6 is 0 Å². The molecule has 2 aromatic rings. The highest BCUT2D eigenvalue weighted by Gasteiger charge is 2.23. The first kappa shape index (κ1) is 20.2. The maximum atomic E-state index is 13.3. The summed E-state index contributed by atoms with van der Waals surface area (Å²) in [4.78, 5) is 28.4. The number of hydrogen-bond acceptors (Lipinski definition) is 6. The van der Waals surface area contributed by atoms with Gasteiger partial charge in [0.1, 0.15) is 0 Å². The zero-order chi connectivity index (χ0) is 20.9. The van der Waals surface area contributed by atoms with E-state index in [0.29, 0.717) is 37.6 Å². The number of amides is 1. The molecule has 0 aliphatic carbocycles. The number of hydrogen-bond donors (Lipinski definition) is 1. The van der Waals surface area contributed by atoms with Crippen LogP contribution in [0.5, 0.6) is 0 Å². The number of morpholine rings is 1. The number of ether oxygens (including phenoxy) is 1. The fraction of sp³-hybridized carbons (Fsp3) is 0.409. The molecule has 2 heterocycles. The maximum Gasteiger partial charge on any atom is 0.270 e. The Morgan fingerprint density at radius 3 is 2.37 bits per heavy atom. The van der Waals surface area contributed by atoms with E-state index in [-0.39, 0.29) is 11.6 Å². The lowest BCUT2D eigenvalue weighted by Crippen LogP contribution is -2.37. The van der Waals surface area contributed by atoms with Gasteiger partial charge >= 0.3 is 0 Å². The molecule has 2 aromatic carbocycles. The third-order valence-corrected chi connectivity index (χ3v) is 5.64. The first-order valence-electron chi connectivity index (χ1n) is 10.4. The molecule has 1 amide bonds. The number of carbonyl (C=O) groups excluding carboxylic acids is 1. The van der Waals surface area contributed by atoms with Crippen LogP contribution in [0.1, 0.15) is 29.6 Å². The summed E-state index contributed by atoms with van der Waals surface area (Å²) < 4.78 is 5.41. The molecule has 2 aliphatic heterocycles. The number of para-hydroxylation sites is 2. The van der Waals surface area contributed by atoms with E-state index in [1.807, 2.05) is 29.2 Å². The first-order valence-corrected chi connectivity index (χ1v) is 10.4. The van der Waals surface area contributed by atoms with Gasteiger partial charge in [-0.1, -0.05) is 12.1 Å². The van der Waals surface area contributed by atoms with Crippen LogP contribution in [0, 0.1) is 10.1 Å². The van der Waals surface area contributed by atoms with E-state index >= 15 is 0 Å². The molecule has 0 unspecified atom stereocenters. The standard InChI is InChI=1S/C22H26N4O4/c27-22(23-19-6-2-3-7-21(19)24-10-4-1-5-11-24)18-16-17(26(28)29)8-9-20(18)25-12-14-30-15-13-25/h2-3,6-9,16H,1,4-5,10-15H2,(H,23,27). The zero-order valence-electron chi connectivity index (χ0n) is 16.9. The second-order valence-electron chi connectivity index (χ2n) is 7.58. The highest BCUT2D eigenvalue weighted by atomic mass is 16.6. The molecule has 0 saturated carbocycles. The lowest BCUT2D eigenvalue weighted by Gasteiger charge is -2.31. The van der Waals surface area contributed by atoms with Crippen LogP contribution in [0.4, 0.5) is 22.7 Å². The molecule has 30 heavy (non-hydrogen) atoms. The van der Waals surface area contributed by atoms with Crippen molar-refractivity contribution >= 4 is 28.7 Å². The Hall–Kier alpha value is -3.13. The number of nitro groups is 1. The summed E-state index contributed by atoms with van der Waals surface area (Å²) in [5.41, 5.74) is 2.62. The Balaban J connectivity index is 1.64. The quantitative estimate of drug-likeness (QED) is 0.598.